The Bertz CT molecular complexity index is 453. The summed E-state index contributed by atoms with van der Waals surface area (Å²) in [5, 5.41) is 5.62. The first-order valence-corrected chi connectivity index (χ1v) is 7.04. The first-order chi connectivity index (χ1) is 9.06. The summed E-state index contributed by atoms with van der Waals surface area (Å²) in [6.07, 6.45) is 5.44. The Labute approximate surface area is 121 Å². The Hall–Kier alpha value is -1.00. The van der Waals surface area contributed by atoms with Crippen LogP contribution in [0, 0.1) is 5.82 Å². The number of carbonyl (C=O) groups excluding carboxylic acids is 1. The van der Waals surface area contributed by atoms with Crippen molar-refractivity contribution in [3.05, 3.63) is 28.0 Å². The molecule has 0 heterocycles. The molecule has 1 fully saturated rings. The minimum Gasteiger partial charge on any atom is -0.335 e. The molecule has 0 saturated heterocycles. The zero-order valence-electron chi connectivity index (χ0n) is 10.3. The second kappa shape index (κ2) is 6.44. The van der Waals surface area contributed by atoms with Gasteiger partial charge < -0.3 is 10.6 Å². The molecule has 0 atom stereocenters. The van der Waals surface area contributed by atoms with Gasteiger partial charge in [-0.15, -0.1) is 0 Å². The van der Waals surface area contributed by atoms with Crippen LogP contribution in [0.1, 0.15) is 32.1 Å². The molecule has 104 valence electrons. The van der Waals surface area contributed by atoms with Gasteiger partial charge in [0, 0.05) is 6.04 Å². The second-order valence-corrected chi connectivity index (χ2v) is 5.49. The maximum Gasteiger partial charge on any atom is 0.319 e. The van der Waals surface area contributed by atoms with Crippen molar-refractivity contribution in [3.63, 3.8) is 0 Å². The van der Waals surface area contributed by atoms with Crippen molar-refractivity contribution in [1.29, 1.82) is 0 Å². The number of halogens is 3. The topological polar surface area (TPSA) is 41.1 Å². The third-order valence-electron chi connectivity index (χ3n) is 3.19. The van der Waals surface area contributed by atoms with Gasteiger partial charge in [-0.2, -0.15) is 0 Å². The number of benzene rings is 1. The molecule has 1 aliphatic rings. The largest absolute Gasteiger partial charge is 0.335 e. The lowest BCUT2D eigenvalue weighted by atomic mass is 9.96. The normalized spacial score (nSPS) is 16.2. The number of hydrogen-bond acceptors (Lipinski definition) is 1. The van der Waals surface area contributed by atoms with Crippen molar-refractivity contribution in [2.24, 2.45) is 0 Å². The molecule has 0 aromatic heterocycles. The Kier molecular flexibility index (Phi) is 4.88. The smallest absolute Gasteiger partial charge is 0.319 e. The van der Waals surface area contributed by atoms with Gasteiger partial charge in [0.2, 0.25) is 0 Å². The highest BCUT2D eigenvalue weighted by Gasteiger charge is 2.17. The highest BCUT2D eigenvalue weighted by molar-refractivity contribution is 6.39. The minimum atomic E-state index is -0.534. The van der Waals surface area contributed by atoms with Crippen LogP contribution in [0.15, 0.2) is 12.1 Å². The average Bonchev–Trinajstić information content (AvgIpc) is 2.35. The lowest BCUT2D eigenvalue weighted by Gasteiger charge is -2.23. The number of hydrogen-bond donors (Lipinski definition) is 2. The summed E-state index contributed by atoms with van der Waals surface area (Å²) in [7, 11) is 0. The van der Waals surface area contributed by atoms with Gasteiger partial charge in [0.1, 0.15) is 5.82 Å². The number of rotatable bonds is 2. The molecular formula is C13H15Cl2FN2O. The Morgan fingerprint density at radius 3 is 2.32 bits per heavy atom. The molecule has 6 heteroatoms. The van der Waals surface area contributed by atoms with Crippen LogP contribution in [0.4, 0.5) is 14.9 Å². The van der Waals surface area contributed by atoms with Crippen LogP contribution in [-0.2, 0) is 0 Å². The van der Waals surface area contributed by atoms with Gasteiger partial charge in [-0.1, -0.05) is 42.5 Å². The summed E-state index contributed by atoms with van der Waals surface area (Å²) in [4.78, 5) is 11.8. The summed E-state index contributed by atoms with van der Waals surface area (Å²) in [5.41, 5.74) is 0.234. The lowest BCUT2D eigenvalue weighted by molar-refractivity contribution is 0.244. The van der Waals surface area contributed by atoms with Gasteiger partial charge >= 0.3 is 6.03 Å². The number of nitrogens with one attached hydrogen (secondary N) is 2. The van der Waals surface area contributed by atoms with E-state index in [1.165, 1.54) is 6.42 Å². The highest BCUT2D eigenvalue weighted by atomic mass is 35.5. The molecule has 0 aliphatic heterocycles. The Morgan fingerprint density at radius 2 is 1.74 bits per heavy atom. The molecule has 0 radical (unpaired) electrons. The van der Waals surface area contributed by atoms with Crippen LogP contribution in [0.25, 0.3) is 0 Å². The lowest BCUT2D eigenvalue weighted by Crippen LogP contribution is -2.39. The van der Waals surface area contributed by atoms with Crippen molar-refractivity contribution in [3.8, 4) is 0 Å². The van der Waals surface area contributed by atoms with Crippen LogP contribution >= 0.6 is 23.2 Å². The number of urea groups is 1. The molecule has 2 N–H and O–H groups in total. The van der Waals surface area contributed by atoms with Gasteiger partial charge in [0.05, 0.1) is 15.7 Å². The van der Waals surface area contributed by atoms with E-state index in [0.717, 1.165) is 37.8 Å². The molecule has 3 nitrogen and oxygen atoms in total. The van der Waals surface area contributed by atoms with Crippen LogP contribution in [0.2, 0.25) is 10.0 Å². The quantitative estimate of drug-likeness (QED) is 0.824. The molecule has 1 aliphatic carbocycles. The number of amides is 2. The van der Waals surface area contributed by atoms with Gasteiger partial charge in [-0.3, -0.25) is 0 Å². The van der Waals surface area contributed by atoms with Crippen molar-refractivity contribution in [2.45, 2.75) is 38.1 Å². The van der Waals surface area contributed by atoms with Crippen LogP contribution in [-0.4, -0.2) is 12.1 Å². The molecule has 2 rings (SSSR count). The van der Waals surface area contributed by atoms with E-state index in [0.29, 0.717) is 0 Å². The zero-order valence-corrected chi connectivity index (χ0v) is 11.8. The second-order valence-electron chi connectivity index (χ2n) is 4.68. The van der Waals surface area contributed by atoms with Gasteiger partial charge in [0.25, 0.3) is 0 Å². The highest BCUT2D eigenvalue weighted by Crippen LogP contribution is 2.31. The average molecular weight is 305 g/mol. The van der Waals surface area contributed by atoms with E-state index in [1.807, 2.05) is 0 Å². The van der Waals surface area contributed by atoms with Crippen molar-refractivity contribution >= 4 is 34.9 Å². The maximum absolute atomic E-state index is 13.0. The molecule has 2 amide bonds. The third kappa shape index (κ3) is 3.98. The standard InChI is InChI=1S/C13H15Cl2FN2O/c14-10-6-8(16)7-11(15)12(10)18-13(19)17-9-4-2-1-3-5-9/h6-7,9H,1-5H2,(H2,17,18,19). The van der Waals surface area contributed by atoms with Crippen molar-refractivity contribution < 1.29 is 9.18 Å². The van der Waals surface area contributed by atoms with Crippen LogP contribution in [0.5, 0.6) is 0 Å². The molecule has 0 unspecified atom stereocenters. The SMILES string of the molecule is O=C(Nc1c(Cl)cc(F)cc1Cl)NC1CCCCC1. The number of carbonyl (C=O) groups is 1. The predicted molar refractivity (Wildman–Crippen MR) is 75.4 cm³/mol. The fourth-order valence-corrected chi connectivity index (χ4v) is 2.80. The maximum atomic E-state index is 13.0. The molecule has 0 bridgehead atoms. The fraction of sp³-hybridized carbons (Fsp3) is 0.462. The fourth-order valence-electron chi connectivity index (χ4n) is 2.24. The van der Waals surface area contributed by atoms with Gasteiger partial charge in [-0.25, -0.2) is 9.18 Å². The molecule has 1 aromatic carbocycles. The van der Waals surface area contributed by atoms with E-state index in [2.05, 4.69) is 10.6 Å². The van der Waals surface area contributed by atoms with Crippen LogP contribution < -0.4 is 10.6 Å². The zero-order chi connectivity index (χ0) is 13.8. The summed E-state index contributed by atoms with van der Waals surface area (Å²) in [6, 6.07) is 2.06. The van der Waals surface area contributed by atoms with Crippen molar-refractivity contribution in [1.82, 2.24) is 5.32 Å². The van der Waals surface area contributed by atoms with E-state index in [1.54, 1.807) is 0 Å². The minimum absolute atomic E-state index is 0.0868. The van der Waals surface area contributed by atoms with E-state index in [4.69, 9.17) is 23.2 Å². The summed E-state index contributed by atoms with van der Waals surface area (Å²) in [6.45, 7) is 0. The molecule has 1 saturated carbocycles. The van der Waals surface area contributed by atoms with E-state index < -0.39 is 5.82 Å². The predicted octanol–water partition coefficient (Wildman–Crippen LogP) is 4.59. The molecular weight excluding hydrogens is 290 g/mol. The Morgan fingerprint density at radius 1 is 1.16 bits per heavy atom. The number of anilines is 1. The first-order valence-electron chi connectivity index (χ1n) is 6.28. The van der Waals surface area contributed by atoms with E-state index >= 15 is 0 Å². The molecule has 19 heavy (non-hydrogen) atoms. The Balaban J connectivity index is 1.98. The summed E-state index contributed by atoms with van der Waals surface area (Å²) < 4.78 is 13.0. The van der Waals surface area contributed by atoms with Crippen molar-refractivity contribution in [2.75, 3.05) is 5.32 Å². The van der Waals surface area contributed by atoms with E-state index in [-0.39, 0.29) is 27.8 Å². The van der Waals surface area contributed by atoms with Crippen LogP contribution in [0.3, 0.4) is 0 Å². The summed E-state index contributed by atoms with van der Waals surface area (Å²) >= 11 is 11.7. The monoisotopic (exact) mass is 304 g/mol. The molecule has 0 spiro atoms. The first kappa shape index (κ1) is 14.4. The van der Waals surface area contributed by atoms with E-state index in [9.17, 15) is 9.18 Å². The summed E-state index contributed by atoms with van der Waals surface area (Å²) in [5.74, 6) is -0.534. The third-order valence-corrected chi connectivity index (χ3v) is 3.78. The van der Waals surface area contributed by atoms with Gasteiger partial charge in [-0.05, 0) is 25.0 Å². The molecule has 1 aromatic rings. The van der Waals surface area contributed by atoms with Gasteiger partial charge in [0.15, 0.2) is 0 Å².